The standard InChI is InChI=1S/C14H17BrF2N2O/c1-8(2)18-12-4-3-5-19(14(12)20)13-10(16)6-9(15)7-11(13)17/h6-8,12,18H,3-5H2,1-2H3. The van der Waals surface area contributed by atoms with Gasteiger partial charge in [-0.25, -0.2) is 8.78 Å². The molecule has 1 aromatic carbocycles. The fourth-order valence-corrected chi connectivity index (χ4v) is 2.85. The summed E-state index contributed by atoms with van der Waals surface area (Å²) in [5.41, 5.74) is -0.256. The summed E-state index contributed by atoms with van der Waals surface area (Å²) in [6, 6.07) is 2.10. The van der Waals surface area contributed by atoms with Crippen molar-refractivity contribution in [3.05, 3.63) is 28.2 Å². The van der Waals surface area contributed by atoms with Crippen molar-refractivity contribution in [3.63, 3.8) is 0 Å². The monoisotopic (exact) mass is 346 g/mol. The van der Waals surface area contributed by atoms with Crippen LogP contribution in [-0.4, -0.2) is 24.5 Å². The zero-order chi connectivity index (χ0) is 14.9. The Balaban J connectivity index is 2.30. The van der Waals surface area contributed by atoms with E-state index in [-0.39, 0.29) is 23.7 Å². The highest BCUT2D eigenvalue weighted by atomic mass is 79.9. The molecule has 0 saturated carbocycles. The first kappa shape index (κ1) is 15.4. The molecule has 0 aromatic heterocycles. The van der Waals surface area contributed by atoms with Crippen LogP contribution in [0, 0.1) is 11.6 Å². The summed E-state index contributed by atoms with van der Waals surface area (Å²) >= 11 is 3.04. The zero-order valence-electron chi connectivity index (χ0n) is 11.4. The maximum absolute atomic E-state index is 14.0. The molecule has 110 valence electrons. The van der Waals surface area contributed by atoms with E-state index in [0.717, 1.165) is 0 Å². The summed E-state index contributed by atoms with van der Waals surface area (Å²) in [6.07, 6.45) is 1.40. The van der Waals surface area contributed by atoms with E-state index in [1.807, 2.05) is 13.8 Å². The Labute approximate surface area is 125 Å². The molecule has 20 heavy (non-hydrogen) atoms. The number of anilines is 1. The highest BCUT2D eigenvalue weighted by Gasteiger charge is 2.32. The molecule has 0 radical (unpaired) electrons. The topological polar surface area (TPSA) is 32.3 Å². The molecule has 0 bridgehead atoms. The fourth-order valence-electron chi connectivity index (χ4n) is 2.45. The van der Waals surface area contributed by atoms with Gasteiger partial charge in [-0.2, -0.15) is 0 Å². The third kappa shape index (κ3) is 3.17. The predicted molar refractivity (Wildman–Crippen MR) is 77.7 cm³/mol. The van der Waals surface area contributed by atoms with Gasteiger partial charge in [-0.1, -0.05) is 29.8 Å². The van der Waals surface area contributed by atoms with Gasteiger partial charge >= 0.3 is 0 Å². The number of nitrogens with one attached hydrogen (secondary N) is 1. The van der Waals surface area contributed by atoms with Crippen LogP contribution in [-0.2, 0) is 4.79 Å². The number of carbonyl (C=O) groups excluding carboxylic acids is 1. The van der Waals surface area contributed by atoms with Crippen molar-refractivity contribution >= 4 is 27.5 Å². The van der Waals surface area contributed by atoms with E-state index in [1.165, 1.54) is 17.0 Å². The van der Waals surface area contributed by atoms with Crippen LogP contribution in [0.4, 0.5) is 14.5 Å². The molecule has 1 aromatic rings. The minimum absolute atomic E-state index is 0.142. The Morgan fingerprint density at radius 3 is 2.50 bits per heavy atom. The van der Waals surface area contributed by atoms with E-state index in [1.54, 1.807) is 0 Å². The van der Waals surface area contributed by atoms with Gasteiger partial charge < -0.3 is 10.2 Å². The average molecular weight is 347 g/mol. The molecule has 1 amide bonds. The minimum atomic E-state index is -0.726. The summed E-state index contributed by atoms with van der Waals surface area (Å²) in [7, 11) is 0. The molecule has 1 fully saturated rings. The number of carbonyl (C=O) groups is 1. The van der Waals surface area contributed by atoms with Crippen LogP contribution >= 0.6 is 15.9 Å². The lowest BCUT2D eigenvalue weighted by molar-refractivity contribution is -0.122. The van der Waals surface area contributed by atoms with Crippen molar-refractivity contribution in [2.45, 2.75) is 38.8 Å². The molecule has 0 spiro atoms. The van der Waals surface area contributed by atoms with Gasteiger partial charge in [0.05, 0.1) is 6.04 Å². The van der Waals surface area contributed by atoms with Crippen LogP contribution in [0.3, 0.4) is 0 Å². The summed E-state index contributed by atoms with van der Waals surface area (Å²) in [5.74, 6) is -1.73. The minimum Gasteiger partial charge on any atom is -0.306 e. The molecule has 1 unspecified atom stereocenters. The van der Waals surface area contributed by atoms with E-state index in [2.05, 4.69) is 21.2 Å². The summed E-state index contributed by atoms with van der Waals surface area (Å²) in [4.78, 5) is 13.6. The normalized spacial score (nSPS) is 19.8. The van der Waals surface area contributed by atoms with Gasteiger partial charge in [0.25, 0.3) is 0 Å². The van der Waals surface area contributed by atoms with E-state index in [9.17, 15) is 13.6 Å². The molecule has 2 rings (SSSR count). The maximum atomic E-state index is 14.0. The Kier molecular flexibility index (Phi) is 4.75. The van der Waals surface area contributed by atoms with E-state index in [4.69, 9.17) is 0 Å². The van der Waals surface area contributed by atoms with Gasteiger partial charge in [-0.15, -0.1) is 0 Å². The lowest BCUT2D eigenvalue weighted by Crippen LogP contribution is -2.53. The average Bonchev–Trinajstić information content (AvgIpc) is 2.32. The molecule has 6 heteroatoms. The lowest BCUT2D eigenvalue weighted by atomic mass is 10.0. The van der Waals surface area contributed by atoms with Crippen molar-refractivity contribution in [1.82, 2.24) is 5.32 Å². The van der Waals surface area contributed by atoms with Crippen LogP contribution in [0.2, 0.25) is 0 Å². The summed E-state index contributed by atoms with van der Waals surface area (Å²) in [6.45, 7) is 4.21. The number of rotatable bonds is 3. The second-order valence-electron chi connectivity index (χ2n) is 5.22. The number of nitrogens with zero attached hydrogens (tertiary/aromatic N) is 1. The van der Waals surface area contributed by atoms with Gasteiger partial charge in [0, 0.05) is 17.1 Å². The smallest absolute Gasteiger partial charge is 0.244 e. The molecule has 1 saturated heterocycles. The number of hydrogen-bond donors (Lipinski definition) is 1. The van der Waals surface area contributed by atoms with Gasteiger partial charge in [0.2, 0.25) is 5.91 Å². The molecule has 1 heterocycles. The molecule has 1 aliphatic heterocycles. The Bertz CT molecular complexity index is 499. The molecule has 1 aliphatic rings. The summed E-state index contributed by atoms with van der Waals surface area (Å²) in [5, 5.41) is 3.14. The first-order chi connectivity index (χ1) is 9.40. The highest BCUT2D eigenvalue weighted by molar-refractivity contribution is 9.10. The third-order valence-corrected chi connectivity index (χ3v) is 3.68. The Morgan fingerprint density at radius 1 is 1.35 bits per heavy atom. The highest BCUT2D eigenvalue weighted by Crippen LogP contribution is 2.30. The summed E-state index contributed by atoms with van der Waals surface area (Å²) < 4.78 is 28.3. The van der Waals surface area contributed by atoms with Gasteiger partial charge in [0.15, 0.2) is 11.6 Å². The van der Waals surface area contributed by atoms with E-state index in [0.29, 0.717) is 23.9 Å². The molecule has 1 N–H and O–H groups in total. The number of benzene rings is 1. The maximum Gasteiger partial charge on any atom is 0.244 e. The number of hydrogen-bond acceptors (Lipinski definition) is 2. The van der Waals surface area contributed by atoms with Crippen LogP contribution < -0.4 is 10.2 Å². The van der Waals surface area contributed by atoms with Crippen molar-refractivity contribution in [1.29, 1.82) is 0 Å². The van der Waals surface area contributed by atoms with Crippen LogP contribution in [0.25, 0.3) is 0 Å². The number of piperidine rings is 1. The van der Waals surface area contributed by atoms with E-state index >= 15 is 0 Å². The molecule has 1 atom stereocenters. The van der Waals surface area contributed by atoms with Crippen LogP contribution in [0.1, 0.15) is 26.7 Å². The van der Waals surface area contributed by atoms with Crippen LogP contribution in [0.5, 0.6) is 0 Å². The Morgan fingerprint density at radius 2 is 1.95 bits per heavy atom. The quantitative estimate of drug-likeness (QED) is 0.911. The Hall–Kier alpha value is -1.01. The molecule has 3 nitrogen and oxygen atoms in total. The molecular weight excluding hydrogens is 330 g/mol. The number of halogens is 3. The van der Waals surface area contributed by atoms with Crippen molar-refractivity contribution in [2.75, 3.05) is 11.4 Å². The first-order valence-electron chi connectivity index (χ1n) is 6.62. The second-order valence-corrected chi connectivity index (χ2v) is 6.14. The largest absolute Gasteiger partial charge is 0.306 e. The third-order valence-electron chi connectivity index (χ3n) is 3.22. The SMILES string of the molecule is CC(C)NC1CCCN(c2c(F)cc(Br)cc2F)C1=O. The zero-order valence-corrected chi connectivity index (χ0v) is 13.0. The predicted octanol–water partition coefficient (Wildman–Crippen LogP) is 3.22. The van der Waals surface area contributed by atoms with Crippen LogP contribution in [0.15, 0.2) is 16.6 Å². The van der Waals surface area contributed by atoms with Gasteiger partial charge in [-0.05, 0) is 25.0 Å². The lowest BCUT2D eigenvalue weighted by Gasteiger charge is -2.34. The molecule has 0 aliphatic carbocycles. The second kappa shape index (κ2) is 6.18. The van der Waals surface area contributed by atoms with Crippen molar-refractivity contribution < 1.29 is 13.6 Å². The first-order valence-corrected chi connectivity index (χ1v) is 7.41. The van der Waals surface area contributed by atoms with Crippen molar-refractivity contribution in [2.24, 2.45) is 0 Å². The van der Waals surface area contributed by atoms with E-state index < -0.39 is 11.6 Å². The van der Waals surface area contributed by atoms with Gasteiger partial charge in [0.1, 0.15) is 5.69 Å². The fraction of sp³-hybridized carbons (Fsp3) is 0.500. The van der Waals surface area contributed by atoms with Gasteiger partial charge in [-0.3, -0.25) is 4.79 Å². The number of amides is 1. The molecular formula is C14H17BrF2N2O. The van der Waals surface area contributed by atoms with Crippen molar-refractivity contribution in [3.8, 4) is 0 Å².